The molecule has 0 radical (unpaired) electrons. The van der Waals surface area contributed by atoms with Gasteiger partial charge in [0.1, 0.15) is 0 Å². The summed E-state index contributed by atoms with van der Waals surface area (Å²) < 4.78 is 15.3. The molecule has 60 valence electrons. The van der Waals surface area contributed by atoms with Crippen LogP contribution in [0.4, 0.5) is 0 Å². The molecule has 10 heavy (non-hydrogen) atoms. The van der Waals surface area contributed by atoms with E-state index in [2.05, 4.69) is 14.9 Å². The highest BCUT2D eigenvalue weighted by molar-refractivity contribution is 7.54. The van der Waals surface area contributed by atoms with Crippen LogP contribution in [0.3, 0.4) is 0 Å². The number of rotatable bonds is 3. The average Bonchev–Trinajstić information content (AvgIpc) is 1.85. The Labute approximate surface area is 60.2 Å². The number of nitrogens with one attached hydrogen (secondary N) is 1. The van der Waals surface area contributed by atoms with Crippen LogP contribution in [0, 0.1) is 0 Å². The van der Waals surface area contributed by atoms with E-state index in [1.807, 2.05) is 0 Å². The molecule has 0 saturated carbocycles. The van der Waals surface area contributed by atoms with Gasteiger partial charge in [0.05, 0.1) is 5.71 Å². The van der Waals surface area contributed by atoms with Crippen molar-refractivity contribution in [1.29, 1.82) is 0 Å². The summed E-state index contributed by atoms with van der Waals surface area (Å²) in [5, 5.41) is 5.73. The molecule has 0 aliphatic rings. The van der Waals surface area contributed by atoms with Gasteiger partial charge in [-0.1, -0.05) is 5.16 Å². The number of nitrogens with zero attached hydrogens (tertiary/aromatic N) is 1. The van der Waals surface area contributed by atoms with Crippen LogP contribution in [-0.4, -0.2) is 12.8 Å². The summed E-state index contributed by atoms with van der Waals surface area (Å²) in [5.41, 5.74) is 5.75. The Bertz CT molecular complexity index is 175. The largest absolute Gasteiger partial charge is 0.408 e. The second kappa shape index (κ2) is 3.71. The van der Waals surface area contributed by atoms with Gasteiger partial charge < -0.3 is 4.62 Å². The zero-order valence-corrected chi connectivity index (χ0v) is 7.18. The van der Waals surface area contributed by atoms with E-state index in [1.54, 1.807) is 13.8 Å². The quantitative estimate of drug-likeness (QED) is 0.366. The molecule has 0 saturated heterocycles. The van der Waals surface area contributed by atoms with Gasteiger partial charge in [-0.2, -0.15) is 0 Å². The van der Waals surface area contributed by atoms with E-state index in [0.29, 0.717) is 5.71 Å². The predicted octanol–water partition coefficient (Wildman–Crippen LogP) is 0.685. The molecule has 0 aromatic rings. The Hall–Kier alpha value is -0.380. The molecule has 3 N–H and O–H groups in total. The number of hydrogen-bond acceptors (Lipinski definition) is 3. The van der Waals surface area contributed by atoms with Gasteiger partial charge in [-0.25, -0.2) is 15.2 Å². The lowest BCUT2D eigenvalue weighted by atomic mass is 10.5. The third-order valence-electron chi connectivity index (χ3n) is 0.656. The van der Waals surface area contributed by atoms with Gasteiger partial charge in [0.25, 0.3) is 0 Å². The Morgan fingerprint density at radius 3 is 2.50 bits per heavy atom. The highest BCUT2D eigenvalue weighted by atomic mass is 31.2. The highest BCUT2D eigenvalue weighted by Crippen LogP contribution is 2.30. The van der Waals surface area contributed by atoms with E-state index < -0.39 is 7.67 Å². The van der Waals surface area contributed by atoms with Crippen molar-refractivity contribution in [2.45, 2.75) is 13.8 Å². The Morgan fingerprint density at radius 1 is 1.70 bits per heavy atom. The topological polar surface area (TPSA) is 76.7 Å². The first-order valence-electron chi connectivity index (χ1n) is 2.75. The minimum Gasteiger partial charge on any atom is -0.312 e. The summed E-state index contributed by atoms with van der Waals surface area (Å²) in [6.07, 6.45) is 0. The van der Waals surface area contributed by atoms with E-state index in [-0.39, 0.29) is 0 Å². The molecule has 0 aromatic heterocycles. The molecule has 0 rings (SSSR count). The second-order valence-electron chi connectivity index (χ2n) is 1.94. The summed E-state index contributed by atoms with van der Waals surface area (Å²) in [6.45, 7) is 3.44. The molecule has 6 heteroatoms. The smallest absolute Gasteiger partial charge is 0.312 e. The minimum atomic E-state index is -3.16. The highest BCUT2D eigenvalue weighted by Gasteiger charge is 2.12. The van der Waals surface area contributed by atoms with Gasteiger partial charge in [-0.3, -0.25) is 0 Å². The Kier molecular flexibility index (Phi) is 3.57. The lowest BCUT2D eigenvalue weighted by Gasteiger charge is -2.06. The van der Waals surface area contributed by atoms with Gasteiger partial charge in [-0.15, -0.1) is 0 Å². The van der Waals surface area contributed by atoms with Crippen molar-refractivity contribution >= 4 is 13.4 Å². The van der Waals surface area contributed by atoms with Gasteiger partial charge in [-0.05, 0) is 20.9 Å². The van der Waals surface area contributed by atoms with Crippen LogP contribution in [0.25, 0.3) is 0 Å². The van der Waals surface area contributed by atoms with E-state index >= 15 is 0 Å². The van der Waals surface area contributed by atoms with Crippen molar-refractivity contribution in [2.24, 2.45) is 10.7 Å². The summed E-state index contributed by atoms with van der Waals surface area (Å²) >= 11 is 0. The van der Waals surface area contributed by atoms with E-state index in [4.69, 9.17) is 5.50 Å². The first kappa shape index (κ1) is 9.62. The predicted molar refractivity (Wildman–Crippen MR) is 40.7 cm³/mol. The molecular formula is C4H12N3O2P. The molecular weight excluding hydrogens is 153 g/mol. The standard InChI is InChI=1S/C4H12N3O2P/c1-4(2)7-9-10(5,8)6-3/h1-3H3,(H3,5,6,8). The molecule has 5 nitrogen and oxygen atoms in total. The third kappa shape index (κ3) is 4.49. The lowest BCUT2D eigenvalue weighted by molar-refractivity contribution is 0.327. The molecule has 0 bridgehead atoms. The Balaban J connectivity index is 3.92. The summed E-state index contributed by atoms with van der Waals surface area (Å²) in [6, 6.07) is 0. The maximum Gasteiger partial charge on any atom is 0.408 e. The van der Waals surface area contributed by atoms with Crippen molar-refractivity contribution in [3.63, 3.8) is 0 Å². The fourth-order valence-corrected chi connectivity index (χ4v) is 0.549. The third-order valence-corrected chi connectivity index (χ3v) is 1.60. The molecule has 0 amide bonds. The fraction of sp³-hybridized carbons (Fsp3) is 0.750. The van der Waals surface area contributed by atoms with Crippen molar-refractivity contribution < 1.29 is 9.19 Å². The summed E-state index contributed by atoms with van der Waals surface area (Å²) in [7, 11) is -1.72. The molecule has 0 fully saturated rings. The average molecular weight is 165 g/mol. The van der Waals surface area contributed by atoms with Crippen LogP contribution in [0.2, 0.25) is 0 Å². The van der Waals surface area contributed by atoms with Crippen molar-refractivity contribution in [3.8, 4) is 0 Å². The zero-order valence-electron chi connectivity index (χ0n) is 6.29. The van der Waals surface area contributed by atoms with E-state index in [0.717, 1.165) is 0 Å². The molecule has 0 aliphatic heterocycles. The monoisotopic (exact) mass is 165 g/mol. The van der Waals surface area contributed by atoms with Gasteiger partial charge >= 0.3 is 7.67 Å². The number of oxime groups is 1. The number of hydrogen-bond donors (Lipinski definition) is 2. The van der Waals surface area contributed by atoms with Crippen LogP contribution in [0.1, 0.15) is 13.8 Å². The summed E-state index contributed by atoms with van der Waals surface area (Å²) in [4.78, 5) is 0. The Morgan fingerprint density at radius 2 is 2.20 bits per heavy atom. The van der Waals surface area contributed by atoms with Gasteiger partial charge in [0.15, 0.2) is 0 Å². The molecule has 0 heterocycles. The maximum atomic E-state index is 10.8. The van der Waals surface area contributed by atoms with Crippen LogP contribution >= 0.6 is 7.67 Å². The molecule has 1 atom stereocenters. The fourth-order valence-electron chi connectivity index (χ4n) is 0.183. The maximum absolute atomic E-state index is 10.8. The van der Waals surface area contributed by atoms with E-state index in [9.17, 15) is 4.57 Å². The first-order chi connectivity index (χ1) is 4.48. The number of nitrogens with two attached hydrogens (primary N) is 1. The summed E-state index contributed by atoms with van der Waals surface area (Å²) in [5.74, 6) is 0. The van der Waals surface area contributed by atoms with Crippen LogP contribution < -0.4 is 10.6 Å². The molecule has 0 spiro atoms. The first-order valence-corrected chi connectivity index (χ1v) is 4.45. The van der Waals surface area contributed by atoms with Crippen LogP contribution in [-0.2, 0) is 9.19 Å². The lowest BCUT2D eigenvalue weighted by Crippen LogP contribution is -2.11. The molecule has 0 aliphatic carbocycles. The van der Waals surface area contributed by atoms with Crippen LogP contribution in [0.5, 0.6) is 0 Å². The van der Waals surface area contributed by atoms with Gasteiger partial charge in [0.2, 0.25) is 0 Å². The van der Waals surface area contributed by atoms with Gasteiger partial charge in [0, 0.05) is 0 Å². The van der Waals surface area contributed by atoms with Crippen molar-refractivity contribution in [1.82, 2.24) is 5.09 Å². The van der Waals surface area contributed by atoms with Crippen LogP contribution in [0.15, 0.2) is 5.16 Å². The SMILES string of the molecule is CNP(N)(=O)ON=C(C)C. The molecule has 1 unspecified atom stereocenters. The van der Waals surface area contributed by atoms with Crippen molar-refractivity contribution in [3.05, 3.63) is 0 Å². The minimum absolute atomic E-state index is 0.668. The van der Waals surface area contributed by atoms with E-state index in [1.165, 1.54) is 7.05 Å². The second-order valence-corrected chi connectivity index (χ2v) is 3.75. The van der Waals surface area contributed by atoms with Crippen molar-refractivity contribution in [2.75, 3.05) is 7.05 Å². The normalized spacial score (nSPS) is 15.6. The molecule has 0 aromatic carbocycles. The zero-order chi connectivity index (χ0) is 8.20.